The Kier molecular flexibility index (Phi) is 5.12. The molecule has 0 aliphatic heterocycles. The van der Waals surface area contributed by atoms with Crippen molar-refractivity contribution in [2.75, 3.05) is 0 Å². The van der Waals surface area contributed by atoms with Crippen molar-refractivity contribution in [3.63, 3.8) is 0 Å². The second-order valence-corrected chi connectivity index (χ2v) is 6.46. The fourth-order valence-electron chi connectivity index (χ4n) is 3.09. The fourth-order valence-corrected chi connectivity index (χ4v) is 3.09. The molecule has 1 aromatic rings. The van der Waals surface area contributed by atoms with E-state index in [1.165, 1.54) is 12.1 Å². The van der Waals surface area contributed by atoms with E-state index in [1.807, 2.05) is 0 Å². The van der Waals surface area contributed by atoms with Gasteiger partial charge in [-0.2, -0.15) is 18.4 Å². The van der Waals surface area contributed by atoms with Crippen LogP contribution in [0.4, 0.5) is 13.2 Å². The van der Waals surface area contributed by atoms with E-state index >= 15 is 0 Å². The van der Waals surface area contributed by atoms with Crippen molar-refractivity contribution in [2.45, 2.75) is 57.8 Å². The van der Waals surface area contributed by atoms with E-state index in [9.17, 15) is 13.2 Å². The first-order chi connectivity index (χ1) is 10.3. The van der Waals surface area contributed by atoms with Crippen molar-refractivity contribution >= 4 is 0 Å². The SMILES string of the molecule is C[C@]1(CC#N)CC[C@@H](NCc2ccccc2C(F)(F)F)CC1. The summed E-state index contributed by atoms with van der Waals surface area (Å²) < 4.78 is 38.8. The zero-order valence-electron chi connectivity index (χ0n) is 12.7. The molecule has 1 aromatic carbocycles. The molecule has 2 nitrogen and oxygen atoms in total. The first kappa shape index (κ1) is 16.8. The predicted octanol–water partition coefficient (Wildman–Crippen LogP) is 4.66. The van der Waals surface area contributed by atoms with Gasteiger partial charge in [0.05, 0.1) is 11.6 Å². The third-order valence-electron chi connectivity index (χ3n) is 4.60. The zero-order valence-corrected chi connectivity index (χ0v) is 12.7. The van der Waals surface area contributed by atoms with E-state index in [-0.39, 0.29) is 18.0 Å². The molecule has 0 saturated heterocycles. The summed E-state index contributed by atoms with van der Waals surface area (Å²) in [5.41, 5.74) is -0.204. The molecule has 5 heteroatoms. The van der Waals surface area contributed by atoms with Gasteiger partial charge in [-0.3, -0.25) is 0 Å². The quantitative estimate of drug-likeness (QED) is 0.878. The molecule has 1 N–H and O–H groups in total. The number of hydrogen-bond donors (Lipinski definition) is 1. The normalized spacial score (nSPS) is 25.7. The van der Waals surface area contributed by atoms with E-state index in [0.29, 0.717) is 12.0 Å². The minimum absolute atomic E-state index is 0.0663. The van der Waals surface area contributed by atoms with Crippen molar-refractivity contribution in [3.8, 4) is 6.07 Å². The maximum absolute atomic E-state index is 12.9. The lowest BCUT2D eigenvalue weighted by Crippen LogP contribution is -2.36. The maximum Gasteiger partial charge on any atom is 0.416 e. The summed E-state index contributed by atoms with van der Waals surface area (Å²) in [6.07, 6.45) is -0.0517. The molecule has 0 radical (unpaired) electrons. The number of rotatable bonds is 4. The molecule has 0 bridgehead atoms. The molecule has 0 atom stereocenters. The summed E-state index contributed by atoms with van der Waals surface area (Å²) in [4.78, 5) is 0. The summed E-state index contributed by atoms with van der Waals surface area (Å²) in [6, 6.07) is 8.16. The van der Waals surface area contributed by atoms with Crippen LogP contribution >= 0.6 is 0 Å². The minimum atomic E-state index is -4.31. The highest BCUT2D eigenvalue weighted by Crippen LogP contribution is 2.38. The van der Waals surface area contributed by atoms with Crippen LogP contribution in [0.2, 0.25) is 0 Å². The second-order valence-electron chi connectivity index (χ2n) is 6.46. The van der Waals surface area contributed by atoms with Crippen molar-refractivity contribution in [1.82, 2.24) is 5.32 Å². The Morgan fingerprint density at radius 3 is 2.50 bits per heavy atom. The number of alkyl halides is 3. The molecular weight excluding hydrogens is 289 g/mol. The van der Waals surface area contributed by atoms with Crippen LogP contribution in [0, 0.1) is 16.7 Å². The molecule has 1 fully saturated rings. The lowest BCUT2D eigenvalue weighted by Gasteiger charge is -2.36. The van der Waals surface area contributed by atoms with Crippen LogP contribution in [0.5, 0.6) is 0 Å². The predicted molar refractivity (Wildman–Crippen MR) is 78.9 cm³/mol. The Morgan fingerprint density at radius 2 is 1.91 bits per heavy atom. The summed E-state index contributed by atoms with van der Waals surface area (Å²) in [5.74, 6) is 0. The van der Waals surface area contributed by atoms with Gasteiger partial charge in [0, 0.05) is 19.0 Å². The standard InChI is InChI=1S/C17H21F3N2/c1-16(10-11-21)8-6-14(7-9-16)22-12-13-4-2-3-5-15(13)17(18,19)20/h2-5,14,22H,6-10,12H2,1H3/t14-,16+. The van der Waals surface area contributed by atoms with Crippen LogP contribution in [0.15, 0.2) is 24.3 Å². The largest absolute Gasteiger partial charge is 0.416 e. The van der Waals surface area contributed by atoms with Gasteiger partial charge in [-0.25, -0.2) is 0 Å². The number of nitrogens with one attached hydrogen (secondary N) is 1. The van der Waals surface area contributed by atoms with Crippen LogP contribution in [0.1, 0.15) is 50.2 Å². The van der Waals surface area contributed by atoms with Gasteiger partial charge >= 0.3 is 6.18 Å². The van der Waals surface area contributed by atoms with Crippen LogP contribution < -0.4 is 5.32 Å². The van der Waals surface area contributed by atoms with E-state index in [0.717, 1.165) is 31.7 Å². The van der Waals surface area contributed by atoms with Gasteiger partial charge in [0.15, 0.2) is 0 Å². The van der Waals surface area contributed by atoms with Crippen molar-refractivity contribution in [1.29, 1.82) is 5.26 Å². The minimum Gasteiger partial charge on any atom is -0.310 e. The number of nitriles is 1. The Bertz CT molecular complexity index is 538. The van der Waals surface area contributed by atoms with Gasteiger partial charge in [0.1, 0.15) is 0 Å². The highest BCUT2D eigenvalue weighted by molar-refractivity contribution is 5.29. The topological polar surface area (TPSA) is 35.8 Å². The fraction of sp³-hybridized carbons (Fsp3) is 0.588. The molecule has 1 aliphatic rings. The highest BCUT2D eigenvalue weighted by Gasteiger charge is 2.34. The van der Waals surface area contributed by atoms with Gasteiger partial charge in [0.2, 0.25) is 0 Å². The van der Waals surface area contributed by atoms with Crippen LogP contribution in [0.25, 0.3) is 0 Å². The van der Waals surface area contributed by atoms with Crippen molar-refractivity contribution in [3.05, 3.63) is 35.4 Å². The Hall–Kier alpha value is -1.54. The number of hydrogen-bond acceptors (Lipinski definition) is 2. The summed E-state index contributed by atoms with van der Waals surface area (Å²) >= 11 is 0. The third kappa shape index (κ3) is 4.23. The summed E-state index contributed by atoms with van der Waals surface area (Å²) in [6.45, 7) is 2.35. The highest BCUT2D eigenvalue weighted by atomic mass is 19.4. The zero-order chi connectivity index (χ0) is 16.2. The van der Waals surface area contributed by atoms with Crippen molar-refractivity contribution < 1.29 is 13.2 Å². The molecule has 0 amide bonds. The first-order valence-corrected chi connectivity index (χ1v) is 7.59. The van der Waals surface area contributed by atoms with E-state index in [2.05, 4.69) is 18.3 Å². The van der Waals surface area contributed by atoms with Gasteiger partial charge in [-0.1, -0.05) is 25.1 Å². The molecular formula is C17H21F3N2. The monoisotopic (exact) mass is 310 g/mol. The molecule has 0 spiro atoms. The molecule has 1 aliphatic carbocycles. The summed E-state index contributed by atoms with van der Waals surface area (Å²) in [7, 11) is 0. The smallest absolute Gasteiger partial charge is 0.310 e. The molecule has 0 aromatic heterocycles. The number of halogens is 3. The van der Waals surface area contributed by atoms with Gasteiger partial charge in [-0.05, 0) is 42.7 Å². The Morgan fingerprint density at radius 1 is 1.27 bits per heavy atom. The van der Waals surface area contributed by atoms with E-state index < -0.39 is 11.7 Å². The lowest BCUT2D eigenvalue weighted by atomic mass is 9.72. The van der Waals surface area contributed by atoms with Crippen molar-refractivity contribution in [2.24, 2.45) is 5.41 Å². The first-order valence-electron chi connectivity index (χ1n) is 7.59. The average molecular weight is 310 g/mol. The average Bonchev–Trinajstić information content (AvgIpc) is 2.46. The molecule has 22 heavy (non-hydrogen) atoms. The second kappa shape index (κ2) is 6.70. The molecule has 2 rings (SSSR count). The van der Waals surface area contributed by atoms with Gasteiger partial charge in [-0.15, -0.1) is 0 Å². The molecule has 0 unspecified atom stereocenters. The number of nitrogens with zero attached hydrogens (tertiary/aromatic N) is 1. The Balaban J connectivity index is 1.92. The summed E-state index contributed by atoms with van der Waals surface area (Å²) in [5, 5.41) is 12.1. The molecule has 1 saturated carbocycles. The lowest BCUT2D eigenvalue weighted by molar-refractivity contribution is -0.138. The van der Waals surface area contributed by atoms with E-state index in [1.54, 1.807) is 6.07 Å². The van der Waals surface area contributed by atoms with Crippen LogP contribution in [0.3, 0.4) is 0 Å². The third-order valence-corrected chi connectivity index (χ3v) is 4.60. The van der Waals surface area contributed by atoms with Gasteiger partial charge < -0.3 is 5.32 Å². The van der Waals surface area contributed by atoms with Gasteiger partial charge in [0.25, 0.3) is 0 Å². The van der Waals surface area contributed by atoms with E-state index in [4.69, 9.17) is 5.26 Å². The molecule has 120 valence electrons. The Labute approximate surface area is 129 Å². The molecule has 0 heterocycles. The number of benzene rings is 1. The maximum atomic E-state index is 12.9. The van der Waals surface area contributed by atoms with Crippen LogP contribution in [-0.2, 0) is 12.7 Å². The van der Waals surface area contributed by atoms with Crippen LogP contribution in [-0.4, -0.2) is 6.04 Å².